The van der Waals surface area contributed by atoms with Gasteiger partial charge in [-0.3, -0.25) is 9.78 Å². The fourth-order valence-electron chi connectivity index (χ4n) is 2.34. The third kappa shape index (κ3) is 2.87. The molecule has 2 nitrogen and oxygen atoms in total. The van der Waals surface area contributed by atoms with Gasteiger partial charge in [-0.15, -0.1) is 0 Å². The van der Waals surface area contributed by atoms with Crippen molar-refractivity contribution >= 4 is 5.78 Å². The van der Waals surface area contributed by atoms with Crippen molar-refractivity contribution in [1.29, 1.82) is 0 Å². The maximum Gasteiger partial charge on any atom is 0.164 e. The smallest absolute Gasteiger partial charge is 0.164 e. The number of carbonyl (C=O) groups is 1. The van der Waals surface area contributed by atoms with Crippen LogP contribution in [0.3, 0.4) is 0 Å². The molecular formula is C13H16FNO. The topological polar surface area (TPSA) is 30.0 Å². The molecule has 3 heteroatoms. The zero-order valence-corrected chi connectivity index (χ0v) is 9.29. The average Bonchev–Trinajstić information content (AvgIpc) is 2.78. The standard InChI is InChI=1S/C13H16FNO/c14-12-7-11(8-15-9-12)13(16)6-5-10-3-1-2-4-10/h7-10H,1-6H2. The Morgan fingerprint density at radius 1 is 1.38 bits per heavy atom. The van der Waals surface area contributed by atoms with Gasteiger partial charge < -0.3 is 0 Å². The van der Waals surface area contributed by atoms with E-state index in [-0.39, 0.29) is 5.78 Å². The summed E-state index contributed by atoms with van der Waals surface area (Å²) in [6, 6.07) is 1.27. The highest BCUT2D eigenvalue weighted by molar-refractivity contribution is 5.95. The van der Waals surface area contributed by atoms with Gasteiger partial charge in [-0.05, 0) is 18.4 Å². The minimum atomic E-state index is -0.438. The summed E-state index contributed by atoms with van der Waals surface area (Å²) in [4.78, 5) is 15.4. The first-order valence-electron chi connectivity index (χ1n) is 5.89. The largest absolute Gasteiger partial charge is 0.294 e. The number of pyridine rings is 1. The summed E-state index contributed by atoms with van der Waals surface area (Å²) in [5.74, 6) is 0.274. The Bertz CT molecular complexity index is 372. The van der Waals surface area contributed by atoms with Crippen LogP contribution in [0.4, 0.5) is 4.39 Å². The molecule has 0 aliphatic heterocycles. The highest BCUT2D eigenvalue weighted by Gasteiger charge is 2.16. The molecule has 1 fully saturated rings. The third-order valence-electron chi connectivity index (χ3n) is 3.28. The minimum Gasteiger partial charge on any atom is -0.294 e. The number of Topliss-reactive ketones (excluding diaryl/α,β-unsaturated/α-hetero) is 1. The molecule has 1 aromatic heterocycles. The lowest BCUT2D eigenvalue weighted by molar-refractivity contribution is 0.0973. The van der Waals surface area contributed by atoms with E-state index in [1.807, 2.05) is 0 Å². The number of aromatic nitrogens is 1. The van der Waals surface area contributed by atoms with Gasteiger partial charge in [-0.2, -0.15) is 0 Å². The normalized spacial score (nSPS) is 16.6. The summed E-state index contributed by atoms with van der Waals surface area (Å²) in [6.07, 6.45) is 9.10. The highest BCUT2D eigenvalue weighted by atomic mass is 19.1. The van der Waals surface area contributed by atoms with E-state index in [1.54, 1.807) is 0 Å². The number of carbonyl (C=O) groups excluding carboxylic acids is 1. The second-order valence-electron chi connectivity index (χ2n) is 4.50. The third-order valence-corrected chi connectivity index (χ3v) is 3.28. The zero-order chi connectivity index (χ0) is 11.4. The van der Waals surface area contributed by atoms with Gasteiger partial charge in [-0.1, -0.05) is 25.7 Å². The monoisotopic (exact) mass is 221 g/mol. The van der Waals surface area contributed by atoms with Crippen molar-refractivity contribution in [3.8, 4) is 0 Å². The van der Waals surface area contributed by atoms with Gasteiger partial charge in [0.05, 0.1) is 6.20 Å². The molecule has 2 rings (SSSR count). The molecule has 0 saturated heterocycles. The van der Waals surface area contributed by atoms with E-state index in [2.05, 4.69) is 4.98 Å². The van der Waals surface area contributed by atoms with Crippen LogP contribution in [-0.4, -0.2) is 10.8 Å². The van der Waals surface area contributed by atoms with Gasteiger partial charge in [0.25, 0.3) is 0 Å². The Kier molecular flexibility index (Phi) is 3.65. The second-order valence-corrected chi connectivity index (χ2v) is 4.50. The first-order valence-corrected chi connectivity index (χ1v) is 5.89. The van der Waals surface area contributed by atoms with E-state index in [0.717, 1.165) is 12.6 Å². The molecule has 0 aromatic carbocycles. The van der Waals surface area contributed by atoms with E-state index in [9.17, 15) is 9.18 Å². The van der Waals surface area contributed by atoms with E-state index < -0.39 is 5.82 Å². The molecule has 0 unspecified atom stereocenters. The lowest BCUT2D eigenvalue weighted by Crippen LogP contribution is -2.03. The van der Waals surface area contributed by atoms with Gasteiger partial charge in [-0.25, -0.2) is 4.39 Å². The number of ketones is 1. The van der Waals surface area contributed by atoms with Crippen LogP contribution in [0.1, 0.15) is 48.9 Å². The van der Waals surface area contributed by atoms with Gasteiger partial charge in [0.2, 0.25) is 0 Å². The minimum absolute atomic E-state index is 0.0129. The van der Waals surface area contributed by atoms with Crippen LogP contribution < -0.4 is 0 Å². The van der Waals surface area contributed by atoms with Crippen molar-refractivity contribution in [1.82, 2.24) is 4.98 Å². The Morgan fingerprint density at radius 2 is 2.12 bits per heavy atom. The van der Waals surface area contributed by atoms with Crippen molar-refractivity contribution in [2.75, 3.05) is 0 Å². The maximum absolute atomic E-state index is 12.9. The number of nitrogens with zero attached hydrogens (tertiary/aromatic N) is 1. The van der Waals surface area contributed by atoms with Gasteiger partial charge in [0.15, 0.2) is 5.78 Å². The van der Waals surface area contributed by atoms with Crippen molar-refractivity contribution in [2.45, 2.75) is 38.5 Å². The number of rotatable bonds is 4. The molecule has 1 heterocycles. The number of hydrogen-bond acceptors (Lipinski definition) is 2. The summed E-state index contributed by atoms with van der Waals surface area (Å²) in [6.45, 7) is 0. The van der Waals surface area contributed by atoms with Crippen LogP contribution >= 0.6 is 0 Å². The maximum atomic E-state index is 12.9. The second kappa shape index (κ2) is 5.19. The molecule has 16 heavy (non-hydrogen) atoms. The fraction of sp³-hybridized carbons (Fsp3) is 0.538. The van der Waals surface area contributed by atoms with Crippen LogP contribution in [0.5, 0.6) is 0 Å². The molecule has 0 radical (unpaired) electrons. The number of halogens is 1. The highest BCUT2D eigenvalue weighted by Crippen LogP contribution is 2.28. The van der Waals surface area contributed by atoms with Gasteiger partial charge in [0, 0.05) is 18.2 Å². The van der Waals surface area contributed by atoms with E-state index >= 15 is 0 Å². The summed E-state index contributed by atoms with van der Waals surface area (Å²) in [5, 5.41) is 0. The summed E-state index contributed by atoms with van der Waals surface area (Å²) in [7, 11) is 0. The predicted molar refractivity (Wildman–Crippen MR) is 59.7 cm³/mol. The molecule has 0 N–H and O–H groups in total. The molecular weight excluding hydrogens is 205 g/mol. The van der Waals surface area contributed by atoms with Crippen molar-refractivity contribution in [2.24, 2.45) is 5.92 Å². The summed E-state index contributed by atoms with van der Waals surface area (Å²) in [5.41, 5.74) is 0.401. The molecule has 0 amide bonds. The first-order chi connectivity index (χ1) is 7.75. The molecule has 86 valence electrons. The molecule has 1 aliphatic rings. The Hall–Kier alpha value is -1.25. The molecule has 1 aromatic rings. The summed E-state index contributed by atoms with van der Waals surface area (Å²) < 4.78 is 12.9. The van der Waals surface area contributed by atoms with Crippen molar-refractivity contribution in [3.63, 3.8) is 0 Å². The molecule has 0 spiro atoms. The zero-order valence-electron chi connectivity index (χ0n) is 9.29. The van der Waals surface area contributed by atoms with E-state index in [4.69, 9.17) is 0 Å². The quantitative estimate of drug-likeness (QED) is 0.729. The molecule has 0 atom stereocenters. The van der Waals surface area contributed by atoms with E-state index in [0.29, 0.717) is 17.9 Å². The van der Waals surface area contributed by atoms with Crippen LogP contribution in [0, 0.1) is 11.7 Å². The van der Waals surface area contributed by atoms with Gasteiger partial charge in [0.1, 0.15) is 5.82 Å². The van der Waals surface area contributed by atoms with E-state index in [1.165, 1.54) is 37.9 Å². The average molecular weight is 221 g/mol. The molecule has 1 saturated carbocycles. The molecule has 0 bridgehead atoms. The van der Waals surface area contributed by atoms with Gasteiger partial charge >= 0.3 is 0 Å². The Balaban J connectivity index is 1.87. The Labute approximate surface area is 94.9 Å². The van der Waals surface area contributed by atoms with Crippen LogP contribution in [-0.2, 0) is 0 Å². The van der Waals surface area contributed by atoms with Crippen LogP contribution in [0.2, 0.25) is 0 Å². The Morgan fingerprint density at radius 3 is 2.81 bits per heavy atom. The van der Waals surface area contributed by atoms with Crippen molar-refractivity contribution < 1.29 is 9.18 Å². The van der Waals surface area contributed by atoms with Crippen LogP contribution in [0.15, 0.2) is 18.5 Å². The summed E-state index contributed by atoms with van der Waals surface area (Å²) >= 11 is 0. The molecule has 1 aliphatic carbocycles. The van der Waals surface area contributed by atoms with Crippen LogP contribution in [0.25, 0.3) is 0 Å². The predicted octanol–water partition coefficient (Wildman–Crippen LogP) is 3.37. The fourth-order valence-corrected chi connectivity index (χ4v) is 2.34. The first kappa shape index (κ1) is 11.2. The lowest BCUT2D eigenvalue weighted by atomic mass is 9.98. The lowest BCUT2D eigenvalue weighted by Gasteiger charge is -2.07. The number of hydrogen-bond donors (Lipinski definition) is 0. The van der Waals surface area contributed by atoms with Crippen molar-refractivity contribution in [3.05, 3.63) is 29.8 Å². The SMILES string of the molecule is O=C(CCC1CCCC1)c1cncc(F)c1.